The lowest BCUT2D eigenvalue weighted by Gasteiger charge is -2.20. The van der Waals surface area contributed by atoms with Gasteiger partial charge in [0.2, 0.25) is 0 Å². The molecule has 0 aliphatic heterocycles. The van der Waals surface area contributed by atoms with Gasteiger partial charge in [0.1, 0.15) is 18.1 Å². The first kappa shape index (κ1) is 17.6. The molecule has 2 aromatic rings. The number of halogens is 2. The van der Waals surface area contributed by atoms with Crippen LogP contribution in [0.3, 0.4) is 0 Å². The maximum Gasteiger partial charge on any atom is 0.255 e. The van der Waals surface area contributed by atoms with Crippen LogP contribution >= 0.6 is 0 Å². The zero-order chi connectivity index (χ0) is 17.7. The summed E-state index contributed by atoms with van der Waals surface area (Å²) in [5.74, 6) is -3.12. The molecule has 0 heterocycles. The number of ether oxygens (including phenoxy) is 1. The highest BCUT2D eigenvalue weighted by Gasteiger charge is 2.22. The van der Waals surface area contributed by atoms with Gasteiger partial charge in [-0.1, -0.05) is 18.2 Å². The van der Waals surface area contributed by atoms with Gasteiger partial charge in [0.15, 0.2) is 5.82 Å². The van der Waals surface area contributed by atoms with Gasteiger partial charge in [0.25, 0.3) is 11.8 Å². The number of carbonyl (C=O) groups excluding carboxylic acids is 2. The minimum absolute atomic E-state index is 0.225. The van der Waals surface area contributed by atoms with Crippen molar-refractivity contribution in [3.05, 3.63) is 59.7 Å². The molecular weight excluding hydrogens is 318 g/mol. The molecule has 0 unspecified atom stereocenters. The Kier molecular flexibility index (Phi) is 5.59. The van der Waals surface area contributed by atoms with Crippen molar-refractivity contribution < 1.29 is 23.1 Å². The van der Waals surface area contributed by atoms with Gasteiger partial charge < -0.3 is 15.0 Å². The third kappa shape index (κ3) is 3.75. The Morgan fingerprint density at radius 1 is 1.12 bits per heavy atom. The van der Waals surface area contributed by atoms with Crippen LogP contribution in [0.1, 0.15) is 10.4 Å². The van der Waals surface area contributed by atoms with E-state index in [9.17, 15) is 18.4 Å². The standard InChI is InChI=1S/C17H16F2N2O3/c1-21(14(22)10-24-2)16-12(18)8-9-13(15(16)19)20-17(23)11-6-4-3-5-7-11/h3-9H,10H2,1-2H3,(H,20,23). The molecule has 0 aliphatic rings. The minimum atomic E-state index is -1.04. The Bertz CT molecular complexity index is 751. The Labute approximate surface area is 137 Å². The van der Waals surface area contributed by atoms with Gasteiger partial charge in [-0.15, -0.1) is 0 Å². The van der Waals surface area contributed by atoms with E-state index in [-0.39, 0.29) is 12.3 Å². The minimum Gasteiger partial charge on any atom is -0.375 e. The van der Waals surface area contributed by atoms with Gasteiger partial charge >= 0.3 is 0 Å². The van der Waals surface area contributed by atoms with Gasteiger partial charge in [-0.3, -0.25) is 9.59 Å². The molecule has 2 rings (SSSR count). The first-order chi connectivity index (χ1) is 11.5. The number of anilines is 2. The SMILES string of the molecule is COCC(=O)N(C)c1c(F)ccc(NC(=O)c2ccccc2)c1F. The highest BCUT2D eigenvalue weighted by Crippen LogP contribution is 2.29. The summed E-state index contributed by atoms with van der Waals surface area (Å²) in [7, 11) is 2.53. The van der Waals surface area contributed by atoms with Gasteiger partial charge in [-0.2, -0.15) is 0 Å². The molecule has 0 bridgehead atoms. The Morgan fingerprint density at radius 3 is 2.42 bits per heavy atom. The van der Waals surface area contributed by atoms with Crippen LogP contribution in [-0.2, 0) is 9.53 Å². The number of amides is 2. The molecule has 0 aromatic heterocycles. The molecule has 0 spiro atoms. The van der Waals surface area contributed by atoms with Crippen LogP contribution in [0, 0.1) is 11.6 Å². The topological polar surface area (TPSA) is 58.6 Å². The predicted octanol–water partition coefficient (Wildman–Crippen LogP) is 2.83. The molecule has 2 aromatic carbocycles. The molecule has 0 aliphatic carbocycles. The summed E-state index contributed by atoms with van der Waals surface area (Å²) in [6.07, 6.45) is 0. The number of methoxy groups -OCH3 is 1. The van der Waals surface area contributed by atoms with Crippen LogP contribution in [0.5, 0.6) is 0 Å². The second-order valence-corrected chi connectivity index (χ2v) is 4.96. The summed E-state index contributed by atoms with van der Waals surface area (Å²) in [5, 5.41) is 2.37. The van der Waals surface area contributed by atoms with Crippen LogP contribution in [0.15, 0.2) is 42.5 Å². The maximum absolute atomic E-state index is 14.6. The number of rotatable bonds is 5. The molecule has 5 nitrogen and oxygen atoms in total. The second-order valence-electron chi connectivity index (χ2n) is 4.96. The Balaban J connectivity index is 2.31. The number of nitrogens with zero attached hydrogens (tertiary/aromatic N) is 1. The fraction of sp³-hybridized carbons (Fsp3) is 0.176. The van der Waals surface area contributed by atoms with Crippen LogP contribution in [0.2, 0.25) is 0 Å². The summed E-state index contributed by atoms with van der Waals surface area (Å²) in [6, 6.07) is 10.3. The van der Waals surface area contributed by atoms with E-state index < -0.39 is 29.1 Å². The summed E-state index contributed by atoms with van der Waals surface area (Å²) < 4.78 is 33.2. The average Bonchev–Trinajstić information content (AvgIpc) is 2.58. The van der Waals surface area contributed by atoms with Crippen molar-refractivity contribution >= 4 is 23.2 Å². The monoisotopic (exact) mass is 334 g/mol. The lowest BCUT2D eigenvalue weighted by Crippen LogP contribution is -2.31. The van der Waals surface area contributed by atoms with E-state index in [1.165, 1.54) is 14.2 Å². The number of nitrogens with one attached hydrogen (secondary N) is 1. The second kappa shape index (κ2) is 7.65. The highest BCUT2D eigenvalue weighted by atomic mass is 19.1. The van der Waals surface area contributed by atoms with Crippen molar-refractivity contribution in [3.8, 4) is 0 Å². The average molecular weight is 334 g/mol. The number of carbonyl (C=O) groups is 2. The lowest BCUT2D eigenvalue weighted by molar-refractivity contribution is -0.121. The van der Waals surface area contributed by atoms with Crippen LogP contribution < -0.4 is 10.2 Å². The normalized spacial score (nSPS) is 10.3. The zero-order valence-electron chi connectivity index (χ0n) is 13.2. The molecule has 0 atom stereocenters. The smallest absolute Gasteiger partial charge is 0.255 e. The number of hydrogen-bond acceptors (Lipinski definition) is 3. The molecular formula is C17H16F2N2O3. The van der Waals surface area contributed by atoms with Crippen molar-refractivity contribution in [2.75, 3.05) is 31.0 Å². The predicted molar refractivity (Wildman–Crippen MR) is 86.0 cm³/mol. The van der Waals surface area contributed by atoms with E-state index in [0.717, 1.165) is 17.0 Å². The summed E-state index contributed by atoms with van der Waals surface area (Å²) >= 11 is 0. The van der Waals surface area contributed by atoms with Crippen LogP contribution in [0.4, 0.5) is 20.2 Å². The molecule has 7 heteroatoms. The largest absolute Gasteiger partial charge is 0.375 e. The van der Waals surface area contributed by atoms with Crippen molar-refractivity contribution in [2.45, 2.75) is 0 Å². The van der Waals surface area contributed by atoms with Crippen molar-refractivity contribution in [1.82, 2.24) is 0 Å². The van der Waals surface area contributed by atoms with Gasteiger partial charge in [-0.05, 0) is 24.3 Å². The summed E-state index contributed by atoms with van der Waals surface area (Å²) in [4.78, 5) is 24.7. The Hall–Kier alpha value is -2.80. The van der Waals surface area contributed by atoms with E-state index in [0.29, 0.717) is 5.56 Å². The third-order valence-corrected chi connectivity index (χ3v) is 3.33. The van der Waals surface area contributed by atoms with Gasteiger partial charge in [0, 0.05) is 19.7 Å². The molecule has 0 radical (unpaired) electrons. The fourth-order valence-electron chi connectivity index (χ4n) is 2.07. The number of likely N-dealkylation sites (N-methyl/N-ethyl adjacent to an activating group) is 1. The van der Waals surface area contributed by atoms with Gasteiger partial charge in [0.05, 0.1) is 5.69 Å². The molecule has 0 saturated heterocycles. The lowest BCUT2D eigenvalue weighted by atomic mass is 10.2. The van der Waals surface area contributed by atoms with Crippen LogP contribution in [0.25, 0.3) is 0 Å². The van der Waals surface area contributed by atoms with Crippen molar-refractivity contribution in [3.63, 3.8) is 0 Å². The van der Waals surface area contributed by atoms with E-state index in [1.807, 2.05) is 0 Å². The van der Waals surface area contributed by atoms with E-state index in [4.69, 9.17) is 0 Å². The highest BCUT2D eigenvalue weighted by molar-refractivity contribution is 6.05. The first-order valence-electron chi connectivity index (χ1n) is 7.05. The quantitative estimate of drug-likeness (QED) is 0.915. The van der Waals surface area contributed by atoms with Crippen molar-refractivity contribution in [1.29, 1.82) is 0 Å². The molecule has 1 N–H and O–H groups in total. The third-order valence-electron chi connectivity index (χ3n) is 3.33. The fourth-order valence-corrected chi connectivity index (χ4v) is 2.07. The van der Waals surface area contributed by atoms with Crippen LogP contribution in [-0.4, -0.2) is 32.6 Å². The number of benzene rings is 2. The molecule has 126 valence electrons. The molecule has 24 heavy (non-hydrogen) atoms. The number of hydrogen-bond donors (Lipinski definition) is 1. The maximum atomic E-state index is 14.6. The molecule has 0 fully saturated rings. The van der Waals surface area contributed by atoms with E-state index >= 15 is 0 Å². The van der Waals surface area contributed by atoms with Crippen molar-refractivity contribution in [2.24, 2.45) is 0 Å². The van der Waals surface area contributed by atoms with E-state index in [1.54, 1.807) is 30.3 Å². The summed E-state index contributed by atoms with van der Waals surface area (Å²) in [6.45, 7) is -0.323. The zero-order valence-corrected chi connectivity index (χ0v) is 13.2. The van der Waals surface area contributed by atoms with Gasteiger partial charge in [-0.25, -0.2) is 8.78 Å². The first-order valence-corrected chi connectivity index (χ1v) is 7.05. The van der Waals surface area contributed by atoms with E-state index in [2.05, 4.69) is 10.1 Å². The molecule has 2 amide bonds. The Morgan fingerprint density at radius 2 is 1.79 bits per heavy atom. The summed E-state index contributed by atoms with van der Waals surface area (Å²) in [5.41, 5.74) is -0.452. The molecule has 0 saturated carbocycles.